The lowest BCUT2D eigenvalue weighted by atomic mass is 9.97. The summed E-state index contributed by atoms with van der Waals surface area (Å²) in [6.07, 6.45) is 1.76. The van der Waals surface area contributed by atoms with Gasteiger partial charge in [-0.25, -0.2) is 14.2 Å². The second-order valence-electron chi connectivity index (χ2n) is 6.76. The molecular weight excluding hydrogens is 327 g/mol. The fraction of sp³-hybridized carbons (Fsp3) is 0.471. The molecule has 2 aliphatic heterocycles. The van der Waals surface area contributed by atoms with Gasteiger partial charge in [-0.2, -0.15) is 0 Å². The zero-order valence-electron chi connectivity index (χ0n) is 13.6. The smallest absolute Gasteiger partial charge is 0.404 e. The van der Waals surface area contributed by atoms with Crippen molar-refractivity contribution in [2.75, 3.05) is 19.6 Å². The summed E-state index contributed by atoms with van der Waals surface area (Å²) in [4.78, 5) is 29.2. The molecule has 1 saturated heterocycles. The van der Waals surface area contributed by atoms with Crippen molar-refractivity contribution in [3.8, 4) is 0 Å². The minimum Gasteiger partial charge on any atom is -0.465 e. The number of hydrogen-bond acceptors (Lipinski definition) is 4. The van der Waals surface area contributed by atoms with Gasteiger partial charge in [0.15, 0.2) is 0 Å². The lowest BCUT2D eigenvalue weighted by Crippen LogP contribution is -2.45. The Morgan fingerprint density at radius 2 is 2.12 bits per heavy atom. The number of aromatic nitrogens is 2. The van der Waals surface area contributed by atoms with Crippen molar-refractivity contribution in [3.63, 3.8) is 0 Å². The molecule has 0 radical (unpaired) electrons. The fourth-order valence-electron chi connectivity index (χ4n) is 4.04. The lowest BCUT2D eigenvalue weighted by molar-refractivity contribution is 0.163. The summed E-state index contributed by atoms with van der Waals surface area (Å²) in [6.45, 7) is 2.61. The first kappa shape index (κ1) is 16.0. The van der Waals surface area contributed by atoms with Gasteiger partial charge in [0.1, 0.15) is 5.82 Å². The predicted molar refractivity (Wildman–Crippen MR) is 89.3 cm³/mol. The van der Waals surface area contributed by atoms with Crippen LogP contribution in [0.3, 0.4) is 0 Å². The van der Waals surface area contributed by atoms with E-state index in [2.05, 4.69) is 15.2 Å². The SMILES string of the molecule is O=C(O)NC1CCN(CC2Cn3c(=O)cnc4ccc(F)c2c43)CC1. The average molecular weight is 346 g/mol. The maximum atomic E-state index is 14.5. The molecule has 3 heterocycles. The summed E-state index contributed by atoms with van der Waals surface area (Å²) in [5, 5.41) is 11.3. The van der Waals surface area contributed by atoms with Gasteiger partial charge in [0.05, 0.1) is 17.2 Å². The van der Waals surface area contributed by atoms with Crippen molar-refractivity contribution < 1.29 is 14.3 Å². The van der Waals surface area contributed by atoms with E-state index in [0.29, 0.717) is 29.7 Å². The average Bonchev–Trinajstić information content (AvgIpc) is 2.96. The number of piperidine rings is 1. The number of likely N-dealkylation sites (tertiary alicyclic amines) is 1. The van der Waals surface area contributed by atoms with Crippen LogP contribution in [0.25, 0.3) is 11.0 Å². The van der Waals surface area contributed by atoms with Gasteiger partial charge in [0.25, 0.3) is 5.56 Å². The molecule has 1 amide bonds. The quantitative estimate of drug-likeness (QED) is 0.876. The zero-order chi connectivity index (χ0) is 17.6. The number of halogens is 1. The maximum Gasteiger partial charge on any atom is 0.404 e. The minimum absolute atomic E-state index is 0.0264. The van der Waals surface area contributed by atoms with Crippen LogP contribution in [0.1, 0.15) is 24.3 Å². The van der Waals surface area contributed by atoms with Crippen LogP contribution < -0.4 is 10.9 Å². The van der Waals surface area contributed by atoms with Gasteiger partial charge < -0.3 is 19.9 Å². The van der Waals surface area contributed by atoms with Crippen molar-refractivity contribution in [3.05, 3.63) is 40.1 Å². The number of amides is 1. The van der Waals surface area contributed by atoms with Gasteiger partial charge in [-0.05, 0) is 25.0 Å². The molecule has 2 N–H and O–H groups in total. The van der Waals surface area contributed by atoms with Gasteiger partial charge >= 0.3 is 6.09 Å². The number of carbonyl (C=O) groups is 1. The third-order valence-electron chi connectivity index (χ3n) is 5.20. The summed E-state index contributed by atoms with van der Waals surface area (Å²) in [7, 11) is 0. The molecule has 1 aromatic heterocycles. The third kappa shape index (κ3) is 2.86. The van der Waals surface area contributed by atoms with E-state index in [1.807, 2.05) is 0 Å². The highest BCUT2D eigenvalue weighted by molar-refractivity contribution is 5.80. The second kappa shape index (κ2) is 6.11. The molecule has 1 atom stereocenters. The van der Waals surface area contributed by atoms with Crippen LogP contribution in [0.4, 0.5) is 9.18 Å². The Hall–Kier alpha value is -2.48. The molecule has 0 bridgehead atoms. The molecule has 1 unspecified atom stereocenters. The number of hydrogen-bond donors (Lipinski definition) is 2. The van der Waals surface area contributed by atoms with E-state index in [0.717, 1.165) is 25.9 Å². The topological polar surface area (TPSA) is 87.5 Å². The molecule has 7 nitrogen and oxygen atoms in total. The molecule has 25 heavy (non-hydrogen) atoms. The molecule has 0 saturated carbocycles. The largest absolute Gasteiger partial charge is 0.465 e. The van der Waals surface area contributed by atoms with E-state index in [1.54, 1.807) is 10.6 Å². The number of carboxylic acid groups (broad SMARTS) is 1. The molecule has 1 aromatic carbocycles. The van der Waals surface area contributed by atoms with Crippen LogP contribution in [-0.2, 0) is 6.54 Å². The van der Waals surface area contributed by atoms with Gasteiger partial charge in [-0.1, -0.05) is 0 Å². The van der Waals surface area contributed by atoms with Crippen LogP contribution in [-0.4, -0.2) is 51.3 Å². The van der Waals surface area contributed by atoms with Crippen molar-refractivity contribution in [1.82, 2.24) is 19.8 Å². The Morgan fingerprint density at radius 3 is 2.84 bits per heavy atom. The van der Waals surface area contributed by atoms with Crippen LogP contribution in [0.5, 0.6) is 0 Å². The van der Waals surface area contributed by atoms with Crippen LogP contribution in [0.2, 0.25) is 0 Å². The fourth-order valence-corrected chi connectivity index (χ4v) is 4.04. The molecule has 0 spiro atoms. The first-order valence-corrected chi connectivity index (χ1v) is 8.42. The second-order valence-corrected chi connectivity index (χ2v) is 6.76. The molecule has 2 aromatic rings. The van der Waals surface area contributed by atoms with Crippen molar-refractivity contribution in [2.24, 2.45) is 0 Å². The minimum atomic E-state index is -0.995. The van der Waals surface area contributed by atoms with E-state index < -0.39 is 6.09 Å². The Balaban J connectivity index is 1.53. The molecule has 0 aliphatic carbocycles. The first-order chi connectivity index (χ1) is 12.0. The van der Waals surface area contributed by atoms with E-state index in [9.17, 15) is 14.0 Å². The van der Waals surface area contributed by atoms with E-state index in [4.69, 9.17) is 5.11 Å². The van der Waals surface area contributed by atoms with Crippen LogP contribution in [0.15, 0.2) is 23.1 Å². The summed E-state index contributed by atoms with van der Waals surface area (Å²) in [6, 6.07) is 3.00. The Bertz CT molecular complexity index is 889. The summed E-state index contributed by atoms with van der Waals surface area (Å²) in [5.41, 5.74) is 1.63. The lowest BCUT2D eigenvalue weighted by Gasteiger charge is -2.33. The monoisotopic (exact) mass is 346 g/mol. The maximum absolute atomic E-state index is 14.5. The number of benzene rings is 1. The molecule has 132 valence electrons. The summed E-state index contributed by atoms with van der Waals surface area (Å²) >= 11 is 0. The van der Waals surface area contributed by atoms with E-state index in [1.165, 1.54) is 12.3 Å². The Morgan fingerprint density at radius 1 is 1.36 bits per heavy atom. The third-order valence-corrected chi connectivity index (χ3v) is 5.20. The number of rotatable bonds is 3. The highest BCUT2D eigenvalue weighted by Gasteiger charge is 2.31. The molecule has 4 rings (SSSR count). The van der Waals surface area contributed by atoms with E-state index >= 15 is 0 Å². The standard InChI is InChI=1S/C17H19FN4O3/c18-12-1-2-13-16-15(12)10(9-22(16)14(23)7-19-13)8-21-5-3-11(4-6-21)20-17(24)25/h1-2,7,10-11,20H,3-6,8-9H2,(H,24,25). The molecular formula is C17H19FN4O3. The van der Waals surface area contributed by atoms with Gasteiger partial charge in [-0.15, -0.1) is 0 Å². The predicted octanol–water partition coefficient (Wildman–Crippen LogP) is 1.36. The van der Waals surface area contributed by atoms with Crippen LogP contribution >= 0.6 is 0 Å². The summed E-state index contributed by atoms with van der Waals surface area (Å²) in [5.74, 6) is -0.386. The van der Waals surface area contributed by atoms with Gasteiger partial charge in [-0.3, -0.25) is 4.79 Å². The first-order valence-electron chi connectivity index (χ1n) is 8.42. The number of nitrogens with zero attached hydrogens (tertiary/aromatic N) is 3. The molecule has 2 aliphatic rings. The van der Waals surface area contributed by atoms with Crippen molar-refractivity contribution in [1.29, 1.82) is 0 Å². The molecule has 8 heteroatoms. The molecule has 1 fully saturated rings. The van der Waals surface area contributed by atoms with E-state index in [-0.39, 0.29) is 23.3 Å². The van der Waals surface area contributed by atoms with Gasteiger partial charge in [0, 0.05) is 43.7 Å². The normalized spacial score (nSPS) is 20.9. The zero-order valence-corrected chi connectivity index (χ0v) is 13.6. The van der Waals surface area contributed by atoms with Crippen molar-refractivity contribution >= 4 is 17.1 Å². The van der Waals surface area contributed by atoms with Crippen LogP contribution in [0, 0.1) is 5.82 Å². The number of nitrogens with one attached hydrogen (secondary N) is 1. The highest BCUT2D eigenvalue weighted by Crippen LogP contribution is 2.34. The summed E-state index contributed by atoms with van der Waals surface area (Å²) < 4.78 is 16.1. The van der Waals surface area contributed by atoms with Gasteiger partial charge in [0.2, 0.25) is 0 Å². The van der Waals surface area contributed by atoms with Crippen molar-refractivity contribution in [2.45, 2.75) is 31.3 Å². The Labute approximate surface area is 143 Å². The highest BCUT2D eigenvalue weighted by atomic mass is 19.1. The Kier molecular flexibility index (Phi) is 3.91.